The summed E-state index contributed by atoms with van der Waals surface area (Å²) in [6, 6.07) is 16.5. The largest absolute Gasteiger partial charge is 0.486 e. The van der Waals surface area contributed by atoms with Crippen LogP contribution in [0.4, 0.5) is 0 Å². The minimum Gasteiger partial charge on any atom is -0.486 e. The molecular formula is C23H22BrN3O4. The maximum Gasteiger partial charge on any atom is 0.289 e. The van der Waals surface area contributed by atoms with Gasteiger partial charge in [0.15, 0.2) is 5.76 Å². The van der Waals surface area contributed by atoms with Crippen molar-refractivity contribution in [2.75, 3.05) is 26.2 Å². The Morgan fingerprint density at radius 3 is 2.42 bits per heavy atom. The van der Waals surface area contributed by atoms with Crippen molar-refractivity contribution in [2.24, 2.45) is 0 Å². The number of furan rings is 1. The van der Waals surface area contributed by atoms with Crippen LogP contribution in [0.25, 0.3) is 0 Å². The van der Waals surface area contributed by atoms with Gasteiger partial charge in [-0.1, -0.05) is 22.0 Å². The third-order valence-corrected chi connectivity index (χ3v) is 5.57. The molecule has 160 valence electrons. The number of ether oxygens (including phenoxy) is 1. The van der Waals surface area contributed by atoms with Crippen LogP contribution < -0.4 is 4.74 Å². The predicted octanol–water partition coefficient (Wildman–Crippen LogP) is 3.54. The summed E-state index contributed by atoms with van der Waals surface area (Å²) < 4.78 is 12.3. The van der Waals surface area contributed by atoms with Gasteiger partial charge in [-0.15, -0.1) is 0 Å². The topological polar surface area (TPSA) is 75.9 Å². The van der Waals surface area contributed by atoms with Crippen LogP contribution in [0.1, 0.15) is 22.0 Å². The zero-order valence-corrected chi connectivity index (χ0v) is 18.5. The molecule has 8 heteroatoms. The van der Waals surface area contributed by atoms with Crippen molar-refractivity contribution in [3.8, 4) is 5.75 Å². The molecule has 1 aliphatic rings. The molecule has 3 heterocycles. The standard InChI is InChI=1S/C23H22BrN3O4/c24-17-4-6-19(7-5-17)30-16-20-8-9-21(31-20)23(29)27-13-11-26(12-14-27)22(28)15-18-3-1-2-10-25-18/h1-10H,11-16H2. The van der Waals surface area contributed by atoms with Gasteiger partial charge in [0.2, 0.25) is 5.91 Å². The first-order valence-corrected chi connectivity index (χ1v) is 10.8. The smallest absolute Gasteiger partial charge is 0.289 e. The van der Waals surface area contributed by atoms with E-state index >= 15 is 0 Å². The van der Waals surface area contributed by atoms with Crippen molar-refractivity contribution >= 4 is 27.7 Å². The van der Waals surface area contributed by atoms with E-state index in [-0.39, 0.29) is 30.6 Å². The van der Waals surface area contributed by atoms with Crippen LogP contribution in [0.3, 0.4) is 0 Å². The van der Waals surface area contributed by atoms with E-state index < -0.39 is 0 Å². The summed E-state index contributed by atoms with van der Waals surface area (Å²) in [6.45, 7) is 2.18. The predicted molar refractivity (Wildman–Crippen MR) is 118 cm³/mol. The lowest BCUT2D eigenvalue weighted by atomic mass is 10.2. The van der Waals surface area contributed by atoms with Gasteiger partial charge < -0.3 is 19.0 Å². The first kappa shape index (κ1) is 21.1. The Morgan fingerprint density at radius 1 is 0.968 bits per heavy atom. The number of benzene rings is 1. The quantitative estimate of drug-likeness (QED) is 0.535. The van der Waals surface area contributed by atoms with Gasteiger partial charge in [0.25, 0.3) is 5.91 Å². The minimum absolute atomic E-state index is 0.0242. The molecule has 2 aromatic heterocycles. The molecule has 1 saturated heterocycles. The molecule has 0 N–H and O–H groups in total. The lowest BCUT2D eigenvalue weighted by Crippen LogP contribution is -2.51. The number of carbonyl (C=O) groups is 2. The Labute approximate surface area is 188 Å². The number of hydrogen-bond acceptors (Lipinski definition) is 5. The van der Waals surface area contributed by atoms with E-state index in [9.17, 15) is 9.59 Å². The van der Waals surface area contributed by atoms with Gasteiger partial charge in [-0.25, -0.2) is 0 Å². The van der Waals surface area contributed by atoms with Crippen LogP contribution in [-0.4, -0.2) is 52.8 Å². The number of piperazine rings is 1. The van der Waals surface area contributed by atoms with Crippen molar-refractivity contribution < 1.29 is 18.7 Å². The molecule has 31 heavy (non-hydrogen) atoms. The number of carbonyl (C=O) groups excluding carboxylic acids is 2. The molecule has 4 rings (SSSR count). The summed E-state index contributed by atoms with van der Waals surface area (Å²) in [6.07, 6.45) is 1.95. The summed E-state index contributed by atoms with van der Waals surface area (Å²) in [7, 11) is 0. The summed E-state index contributed by atoms with van der Waals surface area (Å²) in [5.74, 6) is 1.43. The number of halogens is 1. The van der Waals surface area contributed by atoms with Gasteiger partial charge in [0.05, 0.1) is 6.42 Å². The second kappa shape index (κ2) is 9.78. The van der Waals surface area contributed by atoms with Crippen LogP contribution in [0.15, 0.2) is 69.7 Å². The fourth-order valence-electron chi connectivity index (χ4n) is 3.34. The Bertz CT molecular complexity index is 1030. The Hall–Kier alpha value is -3.13. The molecule has 0 spiro atoms. The summed E-state index contributed by atoms with van der Waals surface area (Å²) in [5.41, 5.74) is 0.750. The molecule has 0 atom stereocenters. The minimum atomic E-state index is -0.174. The molecule has 1 fully saturated rings. The van der Waals surface area contributed by atoms with E-state index in [0.29, 0.717) is 31.9 Å². The Morgan fingerprint density at radius 2 is 1.71 bits per heavy atom. The van der Waals surface area contributed by atoms with E-state index in [1.165, 1.54) is 0 Å². The van der Waals surface area contributed by atoms with Gasteiger partial charge in [-0.2, -0.15) is 0 Å². The summed E-state index contributed by atoms with van der Waals surface area (Å²) in [4.78, 5) is 32.9. The van der Waals surface area contributed by atoms with E-state index in [2.05, 4.69) is 20.9 Å². The first-order valence-electron chi connectivity index (χ1n) is 10.0. The highest BCUT2D eigenvalue weighted by atomic mass is 79.9. The summed E-state index contributed by atoms with van der Waals surface area (Å²) >= 11 is 3.38. The SMILES string of the molecule is O=C(Cc1ccccn1)N1CCN(C(=O)c2ccc(COc3ccc(Br)cc3)o2)CC1. The van der Waals surface area contributed by atoms with Crippen LogP contribution in [0, 0.1) is 0 Å². The fourth-order valence-corrected chi connectivity index (χ4v) is 3.60. The number of hydrogen-bond donors (Lipinski definition) is 0. The van der Waals surface area contributed by atoms with Gasteiger partial charge in [0.1, 0.15) is 18.1 Å². The molecule has 0 radical (unpaired) electrons. The Balaban J connectivity index is 1.27. The molecule has 7 nitrogen and oxygen atoms in total. The number of rotatable bonds is 6. The molecule has 0 aliphatic carbocycles. The average molecular weight is 484 g/mol. The molecule has 1 aliphatic heterocycles. The van der Waals surface area contributed by atoms with E-state index in [1.54, 1.807) is 28.1 Å². The van der Waals surface area contributed by atoms with E-state index in [1.807, 2.05) is 42.5 Å². The third kappa shape index (κ3) is 5.52. The van der Waals surface area contributed by atoms with Crippen LogP contribution in [0.5, 0.6) is 5.75 Å². The number of nitrogens with zero attached hydrogens (tertiary/aromatic N) is 3. The molecular weight excluding hydrogens is 462 g/mol. The highest BCUT2D eigenvalue weighted by molar-refractivity contribution is 9.10. The second-order valence-corrected chi connectivity index (χ2v) is 8.10. The normalized spacial score (nSPS) is 13.8. The molecule has 0 bridgehead atoms. The second-order valence-electron chi connectivity index (χ2n) is 7.18. The average Bonchev–Trinajstić information content (AvgIpc) is 3.28. The molecule has 3 aromatic rings. The van der Waals surface area contributed by atoms with Crippen molar-refractivity contribution in [2.45, 2.75) is 13.0 Å². The van der Waals surface area contributed by atoms with E-state index in [0.717, 1.165) is 15.9 Å². The Kier molecular flexibility index (Phi) is 6.66. The van der Waals surface area contributed by atoms with Gasteiger partial charge in [0, 0.05) is 42.5 Å². The van der Waals surface area contributed by atoms with Gasteiger partial charge >= 0.3 is 0 Å². The highest BCUT2D eigenvalue weighted by Gasteiger charge is 2.26. The van der Waals surface area contributed by atoms with Crippen LogP contribution in [0.2, 0.25) is 0 Å². The van der Waals surface area contributed by atoms with Crippen molar-refractivity contribution in [1.82, 2.24) is 14.8 Å². The van der Waals surface area contributed by atoms with Crippen LogP contribution >= 0.6 is 15.9 Å². The molecule has 2 amide bonds. The van der Waals surface area contributed by atoms with E-state index in [4.69, 9.17) is 9.15 Å². The summed E-state index contributed by atoms with van der Waals surface area (Å²) in [5, 5.41) is 0. The van der Waals surface area contributed by atoms with Gasteiger partial charge in [-0.05, 0) is 48.5 Å². The maximum atomic E-state index is 12.8. The van der Waals surface area contributed by atoms with Crippen LogP contribution in [-0.2, 0) is 17.8 Å². The zero-order chi connectivity index (χ0) is 21.6. The first-order chi connectivity index (χ1) is 15.1. The number of aromatic nitrogens is 1. The van der Waals surface area contributed by atoms with Crippen molar-refractivity contribution in [3.63, 3.8) is 0 Å². The molecule has 1 aromatic carbocycles. The number of pyridine rings is 1. The lowest BCUT2D eigenvalue weighted by Gasteiger charge is -2.34. The lowest BCUT2D eigenvalue weighted by molar-refractivity contribution is -0.132. The number of amides is 2. The molecule has 0 saturated carbocycles. The van der Waals surface area contributed by atoms with Crippen molar-refractivity contribution in [3.05, 3.63) is 82.5 Å². The fraction of sp³-hybridized carbons (Fsp3) is 0.261. The highest BCUT2D eigenvalue weighted by Crippen LogP contribution is 2.19. The van der Waals surface area contributed by atoms with Crippen molar-refractivity contribution in [1.29, 1.82) is 0 Å². The molecule has 0 unspecified atom stereocenters. The van der Waals surface area contributed by atoms with Gasteiger partial charge in [-0.3, -0.25) is 14.6 Å². The monoisotopic (exact) mass is 483 g/mol. The third-order valence-electron chi connectivity index (χ3n) is 5.05. The zero-order valence-electron chi connectivity index (χ0n) is 16.9. The maximum absolute atomic E-state index is 12.8.